The summed E-state index contributed by atoms with van der Waals surface area (Å²) in [6.07, 6.45) is 0.953. The average molecular weight is 365 g/mol. The van der Waals surface area contributed by atoms with Crippen LogP contribution in [0, 0.1) is 12.8 Å². The summed E-state index contributed by atoms with van der Waals surface area (Å²) in [6, 6.07) is 5.47. The second kappa shape index (κ2) is 6.86. The van der Waals surface area contributed by atoms with Gasteiger partial charge in [0, 0.05) is 23.7 Å². The molecule has 1 aromatic carbocycles. The van der Waals surface area contributed by atoms with E-state index in [0.717, 1.165) is 22.7 Å². The van der Waals surface area contributed by atoms with Crippen molar-refractivity contribution in [2.75, 3.05) is 16.8 Å². The van der Waals surface area contributed by atoms with Crippen LogP contribution >= 0.6 is 22.9 Å². The highest BCUT2D eigenvalue weighted by Gasteiger charge is 2.35. The number of nitrogens with one attached hydrogen (secondary N) is 1. The molecule has 0 radical (unpaired) electrons. The maximum atomic E-state index is 12.4. The van der Waals surface area contributed by atoms with Gasteiger partial charge in [-0.2, -0.15) is 0 Å². The summed E-state index contributed by atoms with van der Waals surface area (Å²) in [6.45, 7) is 4.22. The molecule has 1 N–H and O–H groups in total. The van der Waals surface area contributed by atoms with E-state index < -0.39 is 5.92 Å². The Balaban J connectivity index is 1.69. The molecule has 8 heteroatoms. The van der Waals surface area contributed by atoms with Crippen LogP contribution in [0.3, 0.4) is 0 Å². The summed E-state index contributed by atoms with van der Waals surface area (Å²) < 4.78 is 0. The van der Waals surface area contributed by atoms with E-state index in [4.69, 9.17) is 11.6 Å². The van der Waals surface area contributed by atoms with Crippen molar-refractivity contribution < 1.29 is 9.59 Å². The van der Waals surface area contributed by atoms with Gasteiger partial charge in [0.2, 0.25) is 16.9 Å². The molecule has 0 bridgehead atoms. The molecule has 1 fully saturated rings. The summed E-state index contributed by atoms with van der Waals surface area (Å²) in [5.74, 6) is -0.698. The lowest BCUT2D eigenvalue weighted by atomic mass is 10.1. The van der Waals surface area contributed by atoms with E-state index in [2.05, 4.69) is 15.5 Å². The Hall–Kier alpha value is -1.99. The molecule has 24 heavy (non-hydrogen) atoms. The van der Waals surface area contributed by atoms with Crippen molar-refractivity contribution in [3.8, 4) is 0 Å². The molecule has 1 atom stereocenters. The first kappa shape index (κ1) is 16.9. The predicted molar refractivity (Wildman–Crippen MR) is 94.6 cm³/mol. The number of aryl methyl sites for hydroxylation is 2. The number of nitrogens with zero attached hydrogens (tertiary/aromatic N) is 3. The molecule has 1 aliphatic heterocycles. The number of carbonyl (C=O) groups is 2. The summed E-state index contributed by atoms with van der Waals surface area (Å²) in [5, 5.41) is 12.6. The van der Waals surface area contributed by atoms with Crippen molar-refractivity contribution >= 4 is 45.6 Å². The Morgan fingerprint density at radius 3 is 2.92 bits per heavy atom. The second-order valence-electron chi connectivity index (χ2n) is 5.68. The van der Waals surface area contributed by atoms with E-state index in [1.54, 1.807) is 11.0 Å². The van der Waals surface area contributed by atoms with Crippen molar-refractivity contribution in [2.24, 2.45) is 5.92 Å². The maximum absolute atomic E-state index is 12.4. The van der Waals surface area contributed by atoms with Crippen LogP contribution in [-0.4, -0.2) is 28.6 Å². The molecule has 0 unspecified atom stereocenters. The summed E-state index contributed by atoms with van der Waals surface area (Å²) >= 11 is 7.48. The third-order valence-electron chi connectivity index (χ3n) is 3.96. The first-order valence-corrected chi connectivity index (χ1v) is 8.87. The first-order chi connectivity index (χ1) is 11.5. The predicted octanol–water partition coefficient (Wildman–Crippen LogP) is 3.05. The van der Waals surface area contributed by atoms with Crippen molar-refractivity contribution in [3.05, 3.63) is 33.8 Å². The van der Waals surface area contributed by atoms with Crippen molar-refractivity contribution in [2.45, 2.75) is 26.7 Å². The van der Waals surface area contributed by atoms with Crippen LogP contribution in [0.2, 0.25) is 5.02 Å². The van der Waals surface area contributed by atoms with Gasteiger partial charge in [0.15, 0.2) is 0 Å². The van der Waals surface area contributed by atoms with Gasteiger partial charge in [-0.3, -0.25) is 9.59 Å². The largest absolute Gasteiger partial charge is 0.312 e. The molecule has 2 aromatic rings. The molecule has 6 nitrogen and oxygen atoms in total. The van der Waals surface area contributed by atoms with Crippen LogP contribution in [0.1, 0.15) is 23.9 Å². The summed E-state index contributed by atoms with van der Waals surface area (Å²) in [4.78, 5) is 26.2. The molecule has 1 aromatic heterocycles. The lowest BCUT2D eigenvalue weighted by Gasteiger charge is -2.17. The highest BCUT2D eigenvalue weighted by atomic mass is 35.5. The molecule has 2 heterocycles. The molecular formula is C16H17ClN4O2S. The third kappa shape index (κ3) is 3.42. The van der Waals surface area contributed by atoms with E-state index in [9.17, 15) is 9.59 Å². The monoisotopic (exact) mass is 364 g/mol. The number of amides is 2. The Kier molecular flexibility index (Phi) is 4.82. The number of carbonyl (C=O) groups excluding carboxylic acids is 2. The quantitative estimate of drug-likeness (QED) is 0.904. The zero-order valence-corrected chi connectivity index (χ0v) is 14.9. The zero-order valence-electron chi connectivity index (χ0n) is 13.4. The molecule has 3 rings (SSSR count). The van der Waals surface area contributed by atoms with Gasteiger partial charge in [0.25, 0.3) is 0 Å². The van der Waals surface area contributed by atoms with Gasteiger partial charge in [-0.1, -0.05) is 35.9 Å². The standard InChI is InChI=1S/C16H17ClN4O2S/c1-3-13-19-20-16(24-13)18-15(23)10-6-14(22)21(8-10)11-5-4-9(2)12(17)7-11/h4-5,7,10H,3,6,8H2,1-2H3,(H,18,20,23)/t10-/m1/s1. The minimum Gasteiger partial charge on any atom is -0.312 e. The van der Waals surface area contributed by atoms with Crippen LogP contribution in [-0.2, 0) is 16.0 Å². The lowest BCUT2D eigenvalue weighted by molar-refractivity contribution is -0.122. The van der Waals surface area contributed by atoms with E-state index >= 15 is 0 Å². The van der Waals surface area contributed by atoms with Crippen molar-refractivity contribution in [1.82, 2.24) is 10.2 Å². The Morgan fingerprint density at radius 1 is 1.46 bits per heavy atom. The number of anilines is 2. The van der Waals surface area contributed by atoms with Crippen LogP contribution in [0.25, 0.3) is 0 Å². The van der Waals surface area contributed by atoms with Gasteiger partial charge in [-0.15, -0.1) is 10.2 Å². The third-order valence-corrected chi connectivity index (χ3v) is 5.35. The lowest BCUT2D eigenvalue weighted by Crippen LogP contribution is -2.28. The molecule has 0 aliphatic carbocycles. The number of hydrogen-bond donors (Lipinski definition) is 1. The van der Waals surface area contributed by atoms with Crippen molar-refractivity contribution in [1.29, 1.82) is 0 Å². The zero-order chi connectivity index (χ0) is 17.3. The van der Waals surface area contributed by atoms with E-state index in [-0.39, 0.29) is 18.2 Å². The molecular weight excluding hydrogens is 348 g/mol. The number of rotatable bonds is 4. The summed E-state index contributed by atoms with van der Waals surface area (Å²) in [5.41, 5.74) is 1.67. The number of benzene rings is 1. The molecule has 2 amide bonds. The van der Waals surface area contributed by atoms with Crippen LogP contribution in [0.4, 0.5) is 10.8 Å². The minimum atomic E-state index is -0.411. The summed E-state index contributed by atoms with van der Waals surface area (Å²) in [7, 11) is 0. The second-order valence-corrected chi connectivity index (χ2v) is 7.15. The molecule has 0 spiro atoms. The normalized spacial score (nSPS) is 17.4. The SMILES string of the molecule is CCc1nnc(NC(=O)[C@@H]2CC(=O)N(c3ccc(C)c(Cl)c3)C2)s1. The van der Waals surface area contributed by atoms with Gasteiger partial charge in [0.05, 0.1) is 5.92 Å². The first-order valence-electron chi connectivity index (χ1n) is 7.67. The van der Waals surface area contributed by atoms with Crippen LogP contribution < -0.4 is 10.2 Å². The van der Waals surface area contributed by atoms with Gasteiger partial charge in [-0.25, -0.2) is 0 Å². The Bertz CT molecular complexity index is 792. The fourth-order valence-corrected chi connectivity index (χ4v) is 3.39. The fraction of sp³-hybridized carbons (Fsp3) is 0.375. The van der Waals surface area contributed by atoms with Crippen LogP contribution in [0.5, 0.6) is 0 Å². The number of halogens is 1. The van der Waals surface area contributed by atoms with E-state index in [0.29, 0.717) is 16.7 Å². The average Bonchev–Trinajstić information content (AvgIpc) is 3.16. The molecule has 0 saturated carbocycles. The number of aromatic nitrogens is 2. The Morgan fingerprint density at radius 2 is 2.25 bits per heavy atom. The van der Waals surface area contributed by atoms with Gasteiger partial charge < -0.3 is 10.2 Å². The minimum absolute atomic E-state index is 0.0819. The van der Waals surface area contributed by atoms with Gasteiger partial charge in [-0.05, 0) is 31.0 Å². The van der Waals surface area contributed by atoms with E-state index in [1.165, 1.54) is 11.3 Å². The van der Waals surface area contributed by atoms with Crippen LogP contribution in [0.15, 0.2) is 18.2 Å². The highest BCUT2D eigenvalue weighted by molar-refractivity contribution is 7.15. The maximum Gasteiger partial charge on any atom is 0.231 e. The topological polar surface area (TPSA) is 75.2 Å². The van der Waals surface area contributed by atoms with E-state index in [1.807, 2.05) is 26.0 Å². The fourth-order valence-electron chi connectivity index (χ4n) is 2.54. The molecule has 1 saturated heterocycles. The van der Waals surface area contributed by atoms with Gasteiger partial charge in [0.1, 0.15) is 5.01 Å². The molecule has 126 valence electrons. The smallest absolute Gasteiger partial charge is 0.231 e. The van der Waals surface area contributed by atoms with Gasteiger partial charge >= 0.3 is 0 Å². The number of hydrogen-bond acceptors (Lipinski definition) is 5. The Labute approximate surface area is 148 Å². The molecule has 1 aliphatic rings. The highest BCUT2D eigenvalue weighted by Crippen LogP contribution is 2.29. The van der Waals surface area contributed by atoms with Crippen molar-refractivity contribution in [3.63, 3.8) is 0 Å².